The van der Waals surface area contributed by atoms with Gasteiger partial charge in [0.15, 0.2) is 16.5 Å². The Morgan fingerprint density at radius 2 is 1.89 bits per heavy atom. The molecule has 0 saturated heterocycles. The molecule has 6 rings (SSSR count). The Labute approximate surface area is 216 Å². The molecule has 6 aromatic rings. The van der Waals surface area contributed by atoms with E-state index < -0.39 is 0 Å². The fourth-order valence-corrected chi connectivity index (χ4v) is 4.66. The van der Waals surface area contributed by atoms with Crippen molar-refractivity contribution in [3.05, 3.63) is 77.6 Å². The Hall–Kier alpha value is -4.57. The number of fused-ring (bicyclic) bond motifs is 2. The third-order valence-electron chi connectivity index (χ3n) is 5.76. The first-order valence-electron chi connectivity index (χ1n) is 11.5. The molecule has 10 heteroatoms. The summed E-state index contributed by atoms with van der Waals surface area (Å²) in [6.07, 6.45) is 1.85. The average molecular weight is 514 g/mol. The number of methoxy groups -OCH3 is 2. The van der Waals surface area contributed by atoms with E-state index in [0.717, 1.165) is 39.0 Å². The molecule has 0 fully saturated rings. The molecule has 0 aliphatic heterocycles. The van der Waals surface area contributed by atoms with Gasteiger partial charge in [-0.3, -0.25) is 0 Å². The maximum absolute atomic E-state index is 6.19. The van der Waals surface area contributed by atoms with Gasteiger partial charge in [0.2, 0.25) is 0 Å². The van der Waals surface area contributed by atoms with E-state index in [4.69, 9.17) is 18.6 Å². The smallest absolute Gasteiger partial charge is 0.187 e. The highest BCUT2D eigenvalue weighted by Gasteiger charge is 2.16. The molecule has 1 N–H and O–H groups in total. The largest absolute Gasteiger partial charge is 0.497 e. The minimum absolute atomic E-state index is 0.288. The first-order chi connectivity index (χ1) is 18.1. The Morgan fingerprint density at radius 1 is 1.00 bits per heavy atom. The SMILES string of the molecule is COc1cccc(Nc2nc(COc3cc(OC)cc4oc(-c5cn6nc(C)ccc6n5)cc34)cs2)c1. The molecule has 0 amide bonds. The van der Waals surface area contributed by atoms with Crippen molar-refractivity contribution >= 4 is 38.8 Å². The fraction of sp³-hybridized carbons (Fsp3) is 0.148. The minimum atomic E-state index is 0.288. The predicted molar refractivity (Wildman–Crippen MR) is 142 cm³/mol. The molecule has 0 radical (unpaired) electrons. The van der Waals surface area contributed by atoms with Crippen LogP contribution in [0.2, 0.25) is 0 Å². The summed E-state index contributed by atoms with van der Waals surface area (Å²) >= 11 is 1.51. The van der Waals surface area contributed by atoms with E-state index in [9.17, 15) is 0 Å². The van der Waals surface area contributed by atoms with Gasteiger partial charge in [-0.15, -0.1) is 11.3 Å². The Morgan fingerprint density at radius 3 is 2.76 bits per heavy atom. The third kappa shape index (κ3) is 4.66. The first kappa shape index (κ1) is 22.9. The van der Waals surface area contributed by atoms with Crippen molar-refractivity contribution in [2.24, 2.45) is 0 Å². The lowest BCUT2D eigenvalue weighted by Gasteiger charge is -2.08. The summed E-state index contributed by atoms with van der Waals surface area (Å²) < 4.78 is 24.8. The van der Waals surface area contributed by atoms with Crippen LogP contribution in [0.25, 0.3) is 28.1 Å². The van der Waals surface area contributed by atoms with Crippen LogP contribution in [-0.2, 0) is 6.61 Å². The van der Waals surface area contributed by atoms with Crippen molar-refractivity contribution < 1.29 is 18.6 Å². The molecule has 0 unspecified atom stereocenters. The number of anilines is 2. The number of hydrogen-bond acceptors (Lipinski definition) is 9. The van der Waals surface area contributed by atoms with Crippen molar-refractivity contribution in [1.82, 2.24) is 19.6 Å². The summed E-state index contributed by atoms with van der Waals surface area (Å²) in [4.78, 5) is 9.29. The van der Waals surface area contributed by atoms with Crippen molar-refractivity contribution in [3.63, 3.8) is 0 Å². The zero-order chi connectivity index (χ0) is 25.4. The lowest BCUT2D eigenvalue weighted by atomic mass is 10.2. The monoisotopic (exact) mass is 513 g/mol. The van der Waals surface area contributed by atoms with Gasteiger partial charge in [0.1, 0.15) is 35.1 Å². The molecular formula is C27H23N5O4S. The molecule has 0 aliphatic carbocycles. The third-order valence-corrected chi connectivity index (χ3v) is 6.57. The van der Waals surface area contributed by atoms with Gasteiger partial charge in [-0.1, -0.05) is 6.07 Å². The van der Waals surface area contributed by atoms with Gasteiger partial charge in [-0.25, -0.2) is 14.5 Å². The zero-order valence-electron chi connectivity index (χ0n) is 20.4. The van der Waals surface area contributed by atoms with E-state index in [1.807, 2.05) is 73.1 Å². The van der Waals surface area contributed by atoms with Gasteiger partial charge in [0, 0.05) is 29.3 Å². The van der Waals surface area contributed by atoms with Crippen LogP contribution in [0.3, 0.4) is 0 Å². The predicted octanol–water partition coefficient (Wildman–Crippen LogP) is 6.25. The number of imidazole rings is 1. The maximum Gasteiger partial charge on any atom is 0.187 e. The Bertz CT molecular complexity index is 1720. The second kappa shape index (κ2) is 9.47. The summed E-state index contributed by atoms with van der Waals surface area (Å²) in [5, 5.41) is 11.3. The van der Waals surface area contributed by atoms with Crippen LogP contribution in [0.4, 0.5) is 10.8 Å². The van der Waals surface area contributed by atoms with Gasteiger partial charge in [-0.2, -0.15) is 5.10 Å². The number of thiazole rings is 1. The minimum Gasteiger partial charge on any atom is -0.497 e. The first-order valence-corrected chi connectivity index (χ1v) is 12.4. The van der Waals surface area contributed by atoms with Gasteiger partial charge in [0.05, 0.1) is 37.2 Å². The molecule has 0 spiro atoms. The van der Waals surface area contributed by atoms with E-state index in [0.29, 0.717) is 28.5 Å². The standard InChI is InChI=1S/C27H23N5O4S/c1-16-7-8-26-30-22(13-32(26)31-16)25-12-21-23(10-20(34-3)11-24(21)36-25)35-14-18-15-37-27(29-18)28-17-5-4-6-19(9-17)33-2/h4-13,15H,14H2,1-3H3,(H,28,29). The highest BCUT2D eigenvalue weighted by Crippen LogP contribution is 2.37. The van der Waals surface area contributed by atoms with Crippen LogP contribution < -0.4 is 19.5 Å². The summed E-state index contributed by atoms with van der Waals surface area (Å²) in [5.74, 6) is 2.67. The van der Waals surface area contributed by atoms with Gasteiger partial charge < -0.3 is 23.9 Å². The van der Waals surface area contributed by atoms with Crippen LogP contribution in [0.15, 0.2) is 70.6 Å². The second-order valence-electron chi connectivity index (χ2n) is 8.34. The van der Waals surface area contributed by atoms with Crippen LogP contribution in [0.1, 0.15) is 11.4 Å². The molecule has 2 aromatic carbocycles. The van der Waals surface area contributed by atoms with Crippen LogP contribution in [0.5, 0.6) is 17.2 Å². The zero-order valence-corrected chi connectivity index (χ0v) is 21.2. The number of benzene rings is 2. The molecule has 186 valence electrons. The molecule has 37 heavy (non-hydrogen) atoms. The van der Waals surface area contributed by atoms with Crippen molar-refractivity contribution in [2.75, 3.05) is 19.5 Å². The molecule has 0 atom stereocenters. The van der Waals surface area contributed by atoms with E-state index in [-0.39, 0.29) is 6.61 Å². The van der Waals surface area contributed by atoms with Crippen molar-refractivity contribution in [1.29, 1.82) is 0 Å². The molecule has 0 bridgehead atoms. The molecule has 4 aromatic heterocycles. The molecular weight excluding hydrogens is 490 g/mol. The van der Waals surface area contributed by atoms with Crippen LogP contribution >= 0.6 is 11.3 Å². The summed E-state index contributed by atoms with van der Waals surface area (Å²) in [6.45, 7) is 2.23. The molecule has 0 saturated carbocycles. The molecule has 4 heterocycles. The van der Waals surface area contributed by atoms with Gasteiger partial charge in [0.25, 0.3) is 0 Å². The van der Waals surface area contributed by atoms with Crippen molar-refractivity contribution in [2.45, 2.75) is 13.5 Å². The fourth-order valence-electron chi connectivity index (χ4n) is 3.95. The number of hydrogen-bond donors (Lipinski definition) is 1. The number of nitrogens with zero attached hydrogens (tertiary/aromatic N) is 4. The topological polar surface area (TPSA) is 95.9 Å². The Kier molecular flexibility index (Phi) is 5.85. The van der Waals surface area contributed by atoms with Gasteiger partial charge >= 0.3 is 0 Å². The highest BCUT2D eigenvalue weighted by molar-refractivity contribution is 7.13. The van der Waals surface area contributed by atoms with E-state index >= 15 is 0 Å². The quantitative estimate of drug-likeness (QED) is 0.255. The maximum atomic E-state index is 6.19. The Balaban J connectivity index is 1.24. The number of ether oxygens (including phenoxy) is 3. The lowest BCUT2D eigenvalue weighted by Crippen LogP contribution is -1.97. The molecule has 0 aliphatic rings. The lowest BCUT2D eigenvalue weighted by molar-refractivity contribution is 0.303. The number of rotatable bonds is 8. The number of furan rings is 1. The number of nitrogens with one attached hydrogen (secondary N) is 1. The van der Waals surface area contributed by atoms with Crippen molar-refractivity contribution in [3.8, 4) is 28.7 Å². The normalized spacial score (nSPS) is 11.2. The highest BCUT2D eigenvalue weighted by atomic mass is 32.1. The summed E-state index contributed by atoms with van der Waals surface area (Å²) in [7, 11) is 3.26. The molecule has 9 nitrogen and oxygen atoms in total. The van der Waals surface area contributed by atoms with Crippen LogP contribution in [0, 0.1) is 6.92 Å². The van der Waals surface area contributed by atoms with Crippen LogP contribution in [-0.4, -0.2) is 33.8 Å². The summed E-state index contributed by atoms with van der Waals surface area (Å²) in [5.41, 5.74) is 4.69. The number of aromatic nitrogens is 4. The van der Waals surface area contributed by atoms with E-state index in [1.165, 1.54) is 11.3 Å². The van der Waals surface area contributed by atoms with E-state index in [2.05, 4.69) is 20.4 Å². The second-order valence-corrected chi connectivity index (χ2v) is 9.20. The van der Waals surface area contributed by atoms with E-state index in [1.54, 1.807) is 18.7 Å². The average Bonchev–Trinajstić information content (AvgIpc) is 3.65. The summed E-state index contributed by atoms with van der Waals surface area (Å²) in [6, 6.07) is 17.2. The number of aryl methyl sites for hydroxylation is 1. The van der Waals surface area contributed by atoms with Gasteiger partial charge in [-0.05, 0) is 37.3 Å².